The van der Waals surface area contributed by atoms with Gasteiger partial charge in [-0.15, -0.1) is 0 Å². The fourth-order valence-corrected chi connectivity index (χ4v) is 8.40. The Kier molecular flexibility index (Phi) is 10.8. The van der Waals surface area contributed by atoms with Crippen LogP contribution in [0, 0.1) is 0 Å². The standard InChI is InChI=1S/C59H39N7/c1-4-18-41(19-5-1)53-38-54(49-27-12-10-25-46(49)45-24-17-36-60-39-45)63-59(62-53)51-28-13-11-26-48(51)50-30-16-29-47(55(50)52-31-14-15-37-61-52)40-32-34-44(35-33-40)58-65-56(42-20-6-2-7-21-42)64-57(66-58)43-22-8-3-9-23-43/h1-39H. The maximum Gasteiger partial charge on any atom is 0.164 e. The Morgan fingerprint density at radius 2 is 0.742 bits per heavy atom. The number of hydrogen-bond acceptors (Lipinski definition) is 7. The van der Waals surface area contributed by atoms with Crippen molar-refractivity contribution >= 4 is 0 Å². The molecule has 11 rings (SSSR count). The summed E-state index contributed by atoms with van der Waals surface area (Å²) in [5, 5.41) is 0. The van der Waals surface area contributed by atoms with Gasteiger partial charge in [0, 0.05) is 63.1 Å². The van der Waals surface area contributed by atoms with Crippen molar-refractivity contribution < 1.29 is 0 Å². The molecule has 310 valence electrons. The number of benzene rings is 7. The van der Waals surface area contributed by atoms with Gasteiger partial charge in [0.1, 0.15) is 0 Å². The summed E-state index contributed by atoms with van der Waals surface area (Å²) in [5.74, 6) is 2.46. The van der Waals surface area contributed by atoms with Crippen molar-refractivity contribution in [3.63, 3.8) is 0 Å². The normalized spacial score (nSPS) is 11.0. The van der Waals surface area contributed by atoms with Gasteiger partial charge in [0.05, 0.1) is 17.1 Å². The number of aromatic nitrogens is 7. The van der Waals surface area contributed by atoms with E-state index in [2.05, 4.69) is 126 Å². The second-order valence-corrected chi connectivity index (χ2v) is 15.7. The number of rotatable bonds is 10. The highest BCUT2D eigenvalue weighted by Crippen LogP contribution is 2.43. The molecule has 0 N–H and O–H groups in total. The summed E-state index contributed by atoms with van der Waals surface area (Å²) >= 11 is 0. The minimum Gasteiger partial charge on any atom is -0.264 e. The topological polar surface area (TPSA) is 90.2 Å². The Morgan fingerprint density at radius 3 is 1.36 bits per heavy atom. The fraction of sp³-hybridized carbons (Fsp3) is 0. The second kappa shape index (κ2) is 18.0. The van der Waals surface area contributed by atoms with Crippen LogP contribution in [0.4, 0.5) is 0 Å². The molecular weight excluding hydrogens is 807 g/mol. The Bertz CT molecular complexity index is 3380. The number of nitrogens with zero attached hydrogens (tertiary/aromatic N) is 7. The molecule has 0 aliphatic heterocycles. The highest BCUT2D eigenvalue weighted by molar-refractivity contribution is 5.97. The van der Waals surface area contributed by atoms with Gasteiger partial charge in [0.15, 0.2) is 23.3 Å². The lowest BCUT2D eigenvalue weighted by Crippen LogP contribution is -2.00. The lowest BCUT2D eigenvalue weighted by Gasteiger charge is -2.18. The first-order valence-electron chi connectivity index (χ1n) is 21.8. The molecule has 0 spiro atoms. The Balaban J connectivity index is 1.05. The third-order valence-corrected chi connectivity index (χ3v) is 11.6. The minimum absolute atomic E-state index is 0.599. The molecule has 0 saturated carbocycles. The first kappa shape index (κ1) is 39.8. The molecule has 0 aliphatic rings. The highest BCUT2D eigenvalue weighted by atomic mass is 15.0. The zero-order valence-corrected chi connectivity index (χ0v) is 35.6. The van der Waals surface area contributed by atoms with Crippen molar-refractivity contribution in [2.24, 2.45) is 0 Å². The summed E-state index contributed by atoms with van der Waals surface area (Å²) in [4.78, 5) is 34.9. The third-order valence-electron chi connectivity index (χ3n) is 11.6. The average molecular weight is 846 g/mol. The van der Waals surface area contributed by atoms with E-state index >= 15 is 0 Å². The van der Waals surface area contributed by atoms with Crippen LogP contribution in [-0.2, 0) is 0 Å². The van der Waals surface area contributed by atoms with Gasteiger partial charge in [-0.1, -0.05) is 194 Å². The predicted octanol–water partition coefficient (Wildman–Crippen LogP) is 14.1. The van der Waals surface area contributed by atoms with E-state index in [1.807, 2.05) is 109 Å². The van der Waals surface area contributed by atoms with Crippen LogP contribution in [-0.4, -0.2) is 34.9 Å². The van der Waals surface area contributed by atoms with E-state index < -0.39 is 0 Å². The van der Waals surface area contributed by atoms with Gasteiger partial charge < -0.3 is 0 Å². The molecule has 0 radical (unpaired) electrons. The Hall–Kier alpha value is -9.07. The van der Waals surface area contributed by atoms with Gasteiger partial charge in [-0.05, 0) is 52.1 Å². The molecule has 7 heteroatoms. The molecule has 7 nitrogen and oxygen atoms in total. The largest absolute Gasteiger partial charge is 0.264 e. The average Bonchev–Trinajstić information content (AvgIpc) is 3.41. The van der Waals surface area contributed by atoms with Crippen LogP contribution in [0.1, 0.15) is 0 Å². The van der Waals surface area contributed by atoms with Crippen molar-refractivity contribution in [1.82, 2.24) is 34.9 Å². The van der Waals surface area contributed by atoms with Crippen LogP contribution in [0.2, 0.25) is 0 Å². The van der Waals surface area contributed by atoms with E-state index in [1.54, 1.807) is 6.20 Å². The molecule has 4 aromatic heterocycles. The molecule has 0 aliphatic carbocycles. The van der Waals surface area contributed by atoms with E-state index in [1.165, 1.54) is 0 Å². The molecule has 66 heavy (non-hydrogen) atoms. The van der Waals surface area contributed by atoms with Crippen molar-refractivity contribution in [2.45, 2.75) is 0 Å². The summed E-state index contributed by atoms with van der Waals surface area (Å²) in [6, 6.07) is 74.2. The van der Waals surface area contributed by atoms with E-state index in [4.69, 9.17) is 29.9 Å². The maximum absolute atomic E-state index is 5.38. The van der Waals surface area contributed by atoms with Gasteiger partial charge in [-0.2, -0.15) is 0 Å². The number of hydrogen-bond donors (Lipinski definition) is 0. The smallest absolute Gasteiger partial charge is 0.164 e. The zero-order chi connectivity index (χ0) is 44.1. The van der Waals surface area contributed by atoms with Gasteiger partial charge in [0.25, 0.3) is 0 Å². The summed E-state index contributed by atoms with van der Waals surface area (Å²) < 4.78 is 0. The Morgan fingerprint density at radius 1 is 0.242 bits per heavy atom. The predicted molar refractivity (Wildman–Crippen MR) is 265 cm³/mol. The van der Waals surface area contributed by atoms with Crippen molar-refractivity contribution in [3.05, 3.63) is 237 Å². The van der Waals surface area contributed by atoms with Gasteiger partial charge >= 0.3 is 0 Å². The Labute approximate surface area is 383 Å². The van der Waals surface area contributed by atoms with Crippen LogP contribution in [0.15, 0.2) is 237 Å². The zero-order valence-electron chi connectivity index (χ0n) is 35.6. The monoisotopic (exact) mass is 845 g/mol. The van der Waals surface area contributed by atoms with E-state index in [0.717, 1.165) is 89.4 Å². The van der Waals surface area contributed by atoms with Crippen molar-refractivity contribution in [1.29, 1.82) is 0 Å². The molecular formula is C59H39N7. The quantitative estimate of drug-likeness (QED) is 0.135. The minimum atomic E-state index is 0.599. The second-order valence-electron chi connectivity index (χ2n) is 15.7. The number of pyridine rings is 2. The summed E-state index contributed by atoms with van der Waals surface area (Å²) in [5.41, 5.74) is 15.2. The van der Waals surface area contributed by atoms with Crippen LogP contribution in [0.3, 0.4) is 0 Å². The van der Waals surface area contributed by atoms with Crippen LogP contribution >= 0.6 is 0 Å². The van der Waals surface area contributed by atoms with E-state index in [0.29, 0.717) is 23.3 Å². The van der Waals surface area contributed by atoms with Crippen LogP contribution in [0.5, 0.6) is 0 Å². The SMILES string of the molecule is c1ccc(-c2cc(-c3ccccc3-c3cccnc3)nc(-c3ccccc3-c3cccc(-c4ccc(-c5nc(-c6ccccc6)nc(-c6ccccc6)n5)cc4)c3-c3ccccn3)n2)cc1. The lowest BCUT2D eigenvalue weighted by molar-refractivity contribution is 1.07. The highest BCUT2D eigenvalue weighted by Gasteiger charge is 2.21. The third kappa shape index (κ3) is 8.04. The molecule has 0 amide bonds. The van der Waals surface area contributed by atoms with Crippen molar-refractivity contribution in [3.8, 4) is 113 Å². The molecule has 0 saturated heterocycles. The molecule has 7 aromatic carbocycles. The first-order valence-corrected chi connectivity index (χ1v) is 21.8. The van der Waals surface area contributed by atoms with E-state index in [9.17, 15) is 0 Å². The summed E-state index contributed by atoms with van der Waals surface area (Å²) in [6.07, 6.45) is 5.53. The van der Waals surface area contributed by atoms with E-state index in [-0.39, 0.29) is 0 Å². The summed E-state index contributed by atoms with van der Waals surface area (Å²) in [6.45, 7) is 0. The molecule has 11 aromatic rings. The molecule has 4 heterocycles. The first-order chi connectivity index (χ1) is 32.7. The molecule has 0 fully saturated rings. The maximum atomic E-state index is 5.38. The van der Waals surface area contributed by atoms with Crippen molar-refractivity contribution in [2.75, 3.05) is 0 Å². The summed E-state index contributed by atoms with van der Waals surface area (Å²) in [7, 11) is 0. The lowest BCUT2D eigenvalue weighted by atomic mass is 9.87. The van der Waals surface area contributed by atoms with Gasteiger partial charge in [0.2, 0.25) is 0 Å². The fourth-order valence-electron chi connectivity index (χ4n) is 8.40. The molecule has 0 bridgehead atoms. The molecule has 0 unspecified atom stereocenters. The van der Waals surface area contributed by atoms with Gasteiger partial charge in [-0.3, -0.25) is 9.97 Å². The van der Waals surface area contributed by atoms with Gasteiger partial charge in [-0.25, -0.2) is 24.9 Å². The van der Waals surface area contributed by atoms with Crippen LogP contribution < -0.4 is 0 Å². The van der Waals surface area contributed by atoms with Crippen LogP contribution in [0.25, 0.3) is 113 Å². The molecule has 0 atom stereocenters.